The first kappa shape index (κ1) is 24.6. The lowest BCUT2D eigenvalue weighted by atomic mass is 10.2. The number of aryl methyl sites for hydroxylation is 2. The molecule has 0 atom stereocenters. The van der Waals surface area contributed by atoms with Gasteiger partial charge in [-0.15, -0.1) is 0 Å². The SMILES string of the molecule is CCCCOC(=O)NS(=O)(=O)CCc1c(C)nn(C)c1-n1ccc2cc(C(F)(F)F)cnc21. The summed E-state index contributed by atoms with van der Waals surface area (Å²) in [6, 6.07) is 2.49. The Morgan fingerprint density at radius 2 is 2.03 bits per heavy atom. The third kappa shape index (κ3) is 5.64. The Kier molecular flexibility index (Phi) is 7.00. The number of hydrogen-bond donors (Lipinski definition) is 1. The minimum Gasteiger partial charge on any atom is -0.449 e. The summed E-state index contributed by atoms with van der Waals surface area (Å²) in [6.07, 6.45) is -1.83. The molecule has 0 aliphatic rings. The molecule has 1 amide bonds. The number of amides is 1. The second kappa shape index (κ2) is 9.41. The summed E-state index contributed by atoms with van der Waals surface area (Å²) in [5.41, 5.74) is 0.508. The zero-order valence-corrected chi connectivity index (χ0v) is 19.1. The Hall–Kier alpha value is -3.09. The van der Waals surface area contributed by atoms with Crippen LogP contribution in [0.1, 0.15) is 36.6 Å². The van der Waals surface area contributed by atoms with Crippen molar-refractivity contribution < 1.29 is 31.1 Å². The molecule has 3 heterocycles. The molecule has 0 bridgehead atoms. The molecule has 3 aromatic heterocycles. The summed E-state index contributed by atoms with van der Waals surface area (Å²) in [6.45, 7) is 3.72. The number of nitrogens with one attached hydrogen (secondary N) is 1. The van der Waals surface area contributed by atoms with Crippen LogP contribution in [0.4, 0.5) is 18.0 Å². The van der Waals surface area contributed by atoms with Gasteiger partial charge in [-0.3, -0.25) is 9.25 Å². The summed E-state index contributed by atoms with van der Waals surface area (Å²) >= 11 is 0. The number of nitrogens with zero attached hydrogens (tertiary/aromatic N) is 4. The van der Waals surface area contributed by atoms with Gasteiger partial charge in [-0.05, 0) is 31.9 Å². The fourth-order valence-corrected chi connectivity index (χ4v) is 4.27. The van der Waals surface area contributed by atoms with Gasteiger partial charge in [-0.2, -0.15) is 18.3 Å². The monoisotopic (exact) mass is 487 g/mol. The fraction of sp³-hybridized carbons (Fsp3) is 0.450. The molecule has 3 aromatic rings. The maximum absolute atomic E-state index is 13.0. The molecule has 13 heteroatoms. The number of aromatic nitrogens is 4. The second-order valence-corrected chi connectivity index (χ2v) is 9.33. The van der Waals surface area contributed by atoms with Gasteiger partial charge in [0.15, 0.2) is 0 Å². The van der Waals surface area contributed by atoms with Gasteiger partial charge in [0.1, 0.15) is 11.5 Å². The molecular weight excluding hydrogens is 463 g/mol. The Labute approximate surface area is 188 Å². The van der Waals surface area contributed by atoms with Gasteiger partial charge in [0, 0.05) is 30.4 Å². The van der Waals surface area contributed by atoms with Crippen LogP contribution in [-0.2, 0) is 34.4 Å². The highest BCUT2D eigenvalue weighted by Crippen LogP contribution is 2.31. The highest BCUT2D eigenvalue weighted by molar-refractivity contribution is 7.90. The van der Waals surface area contributed by atoms with Crippen molar-refractivity contribution in [1.29, 1.82) is 0 Å². The molecule has 0 saturated carbocycles. The first-order chi connectivity index (χ1) is 15.4. The van der Waals surface area contributed by atoms with E-state index in [-0.39, 0.29) is 24.1 Å². The van der Waals surface area contributed by atoms with Crippen molar-refractivity contribution in [2.24, 2.45) is 7.05 Å². The van der Waals surface area contributed by atoms with Crippen LogP contribution >= 0.6 is 0 Å². The number of pyridine rings is 1. The van der Waals surface area contributed by atoms with E-state index in [2.05, 4.69) is 10.1 Å². The molecule has 3 rings (SSSR count). The summed E-state index contributed by atoms with van der Waals surface area (Å²) < 4.78 is 73.5. The van der Waals surface area contributed by atoms with E-state index in [1.165, 1.54) is 10.7 Å². The molecule has 0 fully saturated rings. The molecule has 0 aromatic carbocycles. The summed E-state index contributed by atoms with van der Waals surface area (Å²) in [5.74, 6) is 0.0516. The number of unbranched alkanes of at least 4 members (excludes halogenated alkanes) is 1. The van der Waals surface area contributed by atoms with E-state index in [9.17, 15) is 26.4 Å². The van der Waals surface area contributed by atoms with Crippen LogP contribution in [0.25, 0.3) is 16.9 Å². The van der Waals surface area contributed by atoms with Crippen molar-refractivity contribution in [3.8, 4) is 5.82 Å². The van der Waals surface area contributed by atoms with Crippen LogP contribution in [0.5, 0.6) is 0 Å². The fourth-order valence-electron chi connectivity index (χ4n) is 3.39. The van der Waals surface area contributed by atoms with Gasteiger partial charge in [-0.1, -0.05) is 13.3 Å². The predicted molar refractivity (Wildman–Crippen MR) is 114 cm³/mol. The number of ether oxygens (including phenoxy) is 1. The van der Waals surface area contributed by atoms with E-state index in [1.807, 2.05) is 11.6 Å². The average molecular weight is 488 g/mol. The molecule has 33 heavy (non-hydrogen) atoms. The first-order valence-corrected chi connectivity index (χ1v) is 11.8. The van der Waals surface area contributed by atoms with Crippen LogP contribution in [0.15, 0.2) is 24.5 Å². The zero-order chi connectivity index (χ0) is 24.4. The van der Waals surface area contributed by atoms with Crippen molar-refractivity contribution in [3.05, 3.63) is 41.3 Å². The molecule has 0 aliphatic carbocycles. The summed E-state index contributed by atoms with van der Waals surface area (Å²) in [4.78, 5) is 15.7. The first-order valence-electron chi connectivity index (χ1n) is 10.2. The van der Waals surface area contributed by atoms with E-state index in [1.54, 1.807) is 24.7 Å². The molecule has 0 aliphatic heterocycles. The number of sulfonamides is 1. The highest BCUT2D eigenvalue weighted by atomic mass is 32.2. The summed E-state index contributed by atoms with van der Waals surface area (Å²) in [5, 5.41) is 4.60. The van der Waals surface area contributed by atoms with E-state index in [0.29, 0.717) is 23.5 Å². The van der Waals surface area contributed by atoms with Gasteiger partial charge in [0.25, 0.3) is 0 Å². The minimum atomic E-state index is -4.52. The molecule has 9 nitrogen and oxygen atoms in total. The zero-order valence-electron chi connectivity index (χ0n) is 18.3. The number of carbonyl (C=O) groups excluding carboxylic acids is 1. The highest BCUT2D eigenvalue weighted by Gasteiger charge is 2.31. The van der Waals surface area contributed by atoms with Gasteiger partial charge < -0.3 is 4.74 Å². The van der Waals surface area contributed by atoms with E-state index in [0.717, 1.165) is 18.7 Å². The topological polar surface area (TPSA) is 108 Å². The Bertz CT molecular complexity index is 1260. The number of hydrogen-bond acceptors (Lipinski definition) is 6. The number of alkyl halides is 3. The van der Waals surface area contributed by atoms with E-state index in [4.69, 9.17) is 4.74 Å². The van der Waals surface area contributed by atoms with Crippen molar-refractivity contribution in [2.75, 3.05) is 12.4 Å². The van der Waals surface area contributed by atoms with Gasteiger partial charge in [0.2, 0.25) is 10.0 Å². The second-order valence-electron chi connectivity index (χ2n) is 7.49. The van der Waals surface area contributed by atoms with Crippen molar-refractivity contribution in [3.63, 3.8) is 0 Å². The lowest BCUT2D eigenvalue weighted by molar-refractivity contribution is -0.137. The standard InChI is InChI=1S/C20H24F3N5O4S/c1-4-5-9-32-19(29)26-33(30,31)10-7-16-13(2)25-27(3)18(16)28-8-6-14-11-15(20(21,22)23)12-24-17(14)28/h6,8,11-12H,4-5,7,9-10H2,1-3H3,(H,26,29). The van der Waals surface area contributed by atoms with Gasteiger partial charge >= 0.3 is 12.3 Å². The van der Waals surface area contributed by atoms with Crippen molar-refractivity contribution in [1.82, 2.24) is 24.1 Å². The molecule has 1 N–H and O–H groups in total. The largest absolute Gasteiger partial charge is 0.449 e. The third-order valence-corrected chi connectivity index (χ3v) is 6.21. The van der Waals surface area contributed by atoms with Crippen molar-refractivity contribution >= 4 is 27.1 Å². The molecule has 0 spiro atoms. The number of halogens is 3. The molecule has 0 unspecified atom stereocenters. The Balaban J connectivity index is 1.85. The van der Waals surface area contributed by atoms with Crippen LogP contribution in [0, 0.1) is 6.92 Å². The molecular formula is C20H24F3N5O4S. The quantitative estimate of drug-likeness (QED) is 0.488. The van der Waals surface area contributed by atoms with Crippen molar-refractivity contribution in [2.45, 2.75) is 39.3 Å². The maximum Gasteiger partial charge on any atom is 0.420 e. The van der Waals surface area contributed by atoms with Gasteiger partial charge in [-0.25, -0.2) is 22.9 Å². The number of rotatable bonds is 8. The van der Waals surface area contributed by atoms with Crippen LogP contribution in [0.2, 0.25) is 0 Å². The van der Waals surface area contributed by atoms with E-state index >= 15 is 0 Å². The van der Waals surface area contributed by atoms with Crippen LogP contribution in [0.3, 0.4) is 0 Å². The average Bonchev–Trinajstić information content (AvgIpc) is 3.24. The molecule has 0 radical (unpaired) electrons. The lowest BCUT2D eigenvalue weighted by Crippen LogP contribution is -2.33. The van der Waals surface area contributed by atoms with Gasteiger partial charge in [0.05, 0.1) is 23.6 Å². The smallest absolute Gasteiger partial charge is 0.420 e. The predicted octanol–water partition coefficient (Wildman–Crippen LogP) is 3.48. The lowest BCUT2D eigenvalue weighted by Gasteiger charge is -2.11. The van der Waals surface area contributed by atoms with Crippen LogP contribution in [-0.4, -0.2) is 46.2 Å². The molecule has 180 valence electrons. The van der Waals surface area contributed by atoms with Crippen LogP contribution < -0.4 is 4.72 Å². The third-order valence-electron chi connectivity index (χ3n) is 4.99. The number of carbonyl (C=O) groups is 1. The Morgan fingerprint density at radius 3 is 2.70 bits per heavy atom. The number of fused-ring (bicyclic) bond motifs is 1. The normalized spacial score (nSPS) is 12.3. The molecule has 0 saturated heterocycles. The summed E-state index contributed by atoms with van der Waals surface area (Å²) in [7, 11) is -2.35. The Morgan fingerprint density at radius 1 is 1.30 bits per heavy atom. The maximum atomic E-state index is 13.0. The minimum absolute atomic E-state index is 0.00683. The van der Waals surface area contributed by atoms with E-state index < -0.39 is 33.6 Å².